The largest absolute Gasteiger partial charge is 0.463 e. The van der Waals surface area contributed by atoms with Gasteiger partial charge in [-0.3, -0.25) is 0 Å². The van der Waals surface area contributed by atoms with Gasteiger partial charge in [0, 0.05) is 7.05 Å². The lowest BCUT2D eigenvalue weighted by Crippen LogP contribution is -2.23. The van der Waals surface area contributed by atoms with Crippen molar-refractivity contribution in [1.82, 2.24) is 5.32 Å². The fourth-order valence-electron chi connectivity index (χ4n) is 0.627. The number of nitrogens with one attached hydrogen (secondary N) is 1. The van der Waals surface area contributed by atoms with Crippen LogP contribution in [0.2, 0.25) is 0 Å². The number of amidine groups is 1. The maximum absolute atomic E-state index is 5.05. The molecule has 1 saturated heterocycles. The molecule has 1 heterocycles. The molecule has 0 bridgehead atoms. The summed E-state index contributed by atoms with van der Waals surface area (Å²) in [5, 5.41) is 3.03. The van der Waals surface area contributed by atoms with Crippen LogP contribution >= 0.6 is 0 Å². The van der Waals surface area contributed by atoms with Crippen molar-refractivity contribution in [2.24, 2.45) is 4.99 Å². The van der Waals surface area contributed by atoms with Crippen LogP contribution in [0.1, 0.15) is 6.92 Å². The monoisotopic (exact) mass is 114 g/mol. The SMILES string of the molecule is CN=C1N[C@@H](C)CO1. The highest BCUT2D eigenvalue weighted by atomic mass is 16.5. The average Bonchev–Trinajstić information content (AvgIpc) is 2.14. The van der Waals surface area contributed by atoms with Crippen LogP contribution in [0.25, 0.3) is 0 Å². The van der Waals surface area contributed by atoms with Crippen LogP contribution in [-0.4, -0.2) is 25.7 Å². The number of hydrogen-bond acceptors (Lipinski definition) is 2. The standard InChI is InChI=1S/C5H10N2O/c1-4-3-8-5(6-2)7-4/h4H,3H2,1-2H3,(H,6,7)/t4-/m0/s1. The van der Waals surface area contributed by atoms with Gasteiger partial charge >= 0.3 is 0 Å². The van der Waals surface area contributed by atoms with E-state index in [0.29, 0.717) is 12.1 Å². The predicted octanol–water partition coefficient (Wildman–Crippen LogP) is -0.0195. The molecule has 3 nitrogen and oxygen atoms in total. The molecule has 0 aromatic heterocycles. The summed E-state index contributed by atoms with van der Waals surface area (Å²) in [6.07, 6.45) is 0. The summed E-state index contributed by atoms with van der Waals surface area (Å²) in [5.41, 5.74) is 0. The Bertz CT molecular complexity index is 111. The van der Waals surface area contributed by atoms with Crippen molar-refractivity contribution in [3.8, 4) is 0 Å². The fourth-order valence-corrected chi connectivity index (χ4v) is 0.627. The molecule has 46 valence electrons. The molecule has 1 aliphatic rings. The number of rotatable bonds is 0. The second-order valence-electron chi connectivity index (χ2n) is 1.89. The maximum Gasteiger partial charge on any atom is 0.284 e. The Hall–Kier alpha value is -0.730. The third-order valence-corrected chi connectivity index (χ3v) is 1.04. The van der Waals surface area contributed by atoms with Gasteiger partial charge in [-0.2, -0.15) is 0 Å². The molecule has 0 spiro atoms. The molecular weight excluding hydrogens is 104 g/mol. The van der Waals surface area contributed by atoms with Gasteiger partial charge < -0.3 is 10.1 Å². The molecule has 3 heteroatoms. The van der Waals surface area contributed by atoms with Gasteiger partial charge in [-0.25, -0.2) is 4.99 Å². The third kappa shape index (κ3) is 0.911. The van der Waals surface area contributed by atoms with Gasteiger partial charge in [0.2, 0.25) is 0 Å². The minimum atomic E-state index is 0.425. The third-order valence-electron chi connectivity index (χ3n) is 1.04. The molecule has 1 atom stereocenters. The normalized spacial score (nSPS) is 32.2. The summed E-state index contributed by atoms with van der Waals surface area (Å²) >= 11 is 0. The van der Waals surface area contributed by atoms with Crippen molar-refractivity contribution in [1.29, 1.82) is 0 Å². The van der Waals surface area contributed by atoms with Crippen molar-refractivity contribution in [3.05, 3.63) is 0 Å². The second kappa shape index (κ2) is 2.03. The lowest BCUT2D eigenvalue weighted by atomic mass is 10.4. The Kier molecular flexibility index (Phi) is 1.37. The Morgan fingerprint density at radius 3 is 2.88 bits per heavy atom. The Morgan fingerprint density at radius 1 is 1.88 bits per heavy atom. The van der Waals surface area contributed by atoms with Gasteiger partial charge in [-0.05, 0) is 6.92 Å². The fraction of sp³-hybridized carbons (Fsp3) is 0.800. The van der Waals surface area contributed by atoms with E-state index in [4.69, 9.17) is 4.74 Å². The topological polar surface area (TPSA) is 33.6 Å². The first kappa shape index (κ1) is 5.41. The lowest BCUT2D eigenvalue weighted by Gasteiger charge is -1.93. The molecule has 0 aromatic carbocycles. The molecule has 0 aromatic rings. The molecule has 8 heavy (non-hydrogen) atoms. The van der Waals surface area contributed by atoms with Crippen molar-refractivity contribution in [2.45, 2.75) is 13.0 Å². The molecule has 0 radical (unpaired) electrons. The molecule has 1 N–H and O–H groups in total. The lowest BCUT2D eigenvalue weighted by molar-refractivity contribution is 0.331. The summed E-state index contributed by atoms with van der Waals surface area (Å²) < 4.78 is 5.05. The van der Waals surface area contributed by atoms with Gasteiger partial charge in [-0.15, -0.1) is 0 Å². The molecular formula is C5H10N2O. The first-order valence-corrected chi connectivity index (χ1v) is 2.69. The van der Waals surface area contributed by atoms with Crippen LogP contribution in [0.5, 0.6) is 0 Å². The van der Waals surface area contributed by atoms with Crippen LogP contribution in [0.4, 0.5) is 0 Å². The summed E-state index contributed by atoms with van der Waals surface area (Å²) in [6, 6.07) is 1.09. The van der Waals surface area contributed by atoms with Gasteiger partial charge in [-0.1, -0.05) is 0 Å². The van der Waals surface area contributed by atoms with Crippen LogP contribution < -0.4 is 5.32 Å². The minimum absolute atomic E-state index is 0.425. The number of ether oxygens (including phenoxy) is 1. The summed E-state index contributed by atoms with van der Waals surface area (Å²) in [4.78, 5) is 3.82. The zero-order valence-electron chi connectivity index (χ0n) is 5.14. The van der Waals surface area contributed by atoms with Gasteiger partial charge in [0.15, 0.2) is 0 Å². The molecule has 0 aliphatic carbocycles. The molecule has 0 amide bonds. The minimum Gasteiger partial charge on any atom is -0.463 e. The van der Waals surface area contributed by atoms with Crippen molar-refractivity contribution in [2.75, 3.05) is 13.7 Å². The van der Waals surface area contributed by atoms with Crippen molar-refractivity contribution in [3.63, 3.8) is 0 Å². The van der Waals surface area contributed by atoms with E-state index in [0.717, 1.165) is 6.61 Å². The van der Waals surface area contributed by atoms with E-state index in [1.165, 1.54) is 0 Å². The zero-order chi connectivity index (χ0) is 5.98. The number of nitrogens with zero attached hydrogens (tertiary/aromatic N) is 1. The smallest absolute Gasteiger partial charge is 0.284 e. The summed E-state index contributed by atoms with van der Waals surface area (Å²) in [7, 11) is 1.71. The van der Waals surface area contributed by atoms with E-state index in [2.05, 4.69) is 17.2 Å². The van der Waals surface area contributed by atoms with E-state index in [1.807, 2.05) is 0 Å². The second-order valence-corrected chi connectivity index (χ2v) is 1.89. The Labute approximate surface area is 48.8 Å². The van der Waals surface area contributed by atoms with Crippen LogP contribution in [-0.2, 0) is 4.74 Å². The average molecular weight is 114 g/mol. The molecule has 0 saturated carbocycles. The van der Waals surface area contributed by atoms with Crippen molar-refractivity contribution >= 4 is 6.02 Å². The number of hydrogen-bond donors (Lipinski definition) is 1. The highest BCUT2D eigenvalue weighted by Crippen LogP contribution is 1.94. The van der Waals surface area contributed by atoms with Gasteiger partial charge in [0.05, 0.1) is 6.04 Å². The quantitative estimate of drug-likeness (QED) is 0.480. The van der Waals surface area contributed by atoms with E-state index in [9.17, 15) is 0 Å². The molecule has 1 rings (SSSR count). The first-order chi connectivity index (χ1) is 3.83. The first-order valence-electron chi connectivity index (χ1n) is 2.69. The van der Waals surface area contributed by atoms with E-state index in [-0.39, 0.29) is 0 Å². The predicted molar refractivity (Wildman–Crippen MR) is 31.9 cm³/mol. The van der Waals surface area contributed by atoms with Crippen LogP contribution in [0.3, 0.4) is 0 Å². The van der Waals surface area contributed by atoms with E-state index >= 15 is 0 Å². The van der Waals surface area contributed by atoms with Crippen LogP contribution in [0, 0.1) is 0 Å². The van der Waals surface area contributed by atoms with E-state index < -0.39 is 0 Å². The van der Waals surface area contributed by atoms with Gasteiger partial charge in [0.25, 0.3) is 6.02 Å². The van der Waals surface area contributed by atoms with Crippen LogP contribution in [0.15, 0.2) is 4.99 Å². The highest BCUT2D eigenvalue weighted by molar-refractivity contribution is 5.75. The number of aliphatic imine (C=N–C) groups is 1. The Morgan fingerprint density at radius 2 is 2.62 bits per heavy atom. The molecule has 1 fully saturated rings. The van der Waals surface area contributed by atoms with Crippen molar-refractivity contribution < 1.29 is 4.74 Å². The summed E-state index contributed by atoms with van der Waals surface area (Å²) in [5.74, 6) is 0. The molecule has 0 unspecified atom stereocenters. The summed E-state index contributed by atoms with van der Waals surface area (Å²) in [6.45, 7) is 2.80. The van der Waals surface area contributed by atoms with E-state index in [1.54, 1.807) is 7.05 Å². The Balaban J connectivity index is 2.44. The van der Waals surface area contributed by atoms with Gasteiger partial charge in [0.1, 0.15) is 6.61 Å². The highest BCUT2D eigenvalue weighted by Gasteiger charge is 2.13. The maximum atomic E-state index is 5.05. The zero-order valence-corrected chi connectivity index (χ0v) is 5.14. The molecule has 1 aliphatic heterocycles.